The Morgan fingerprint density at radius 3 is 1.64 bits per heavy atom. The minimum absolute atomic E-state index is 0.105. The molecule has 6 rings (SSSR count). The van der Waals surface area contributed by atoms with Gasteiger partial charge in [-0.25, -0.2) is 9.59 Å². The molecule has 7 nitrogen and oxygen atoms in total. The molecule has 0 atom stereocenters. The van der Waals surface area contributed by atoms with Crippen LogP contribution in [0, 0.1) is 0 Å². The molecular formula is C29H18O7. The zero-order chi connectivity index (χ0) is 25.1. The van der Waals surface area contributed by atoms with Crippen molar-refractivity contribution < 1.29 is 34.8 Å². The van der Waals surface area contributed by atoms with Gasteiger partial charge in [0.2, 0.25) is 0 Å². The van der Waals surface area contributed by atoms with E-state index in [1.54, 1.807) is 42.5 Å². The molecule has 1 aliphatic rings. The first kappa shape index (κ1) is 21.5. The number of ether oxygens (including phenoxy) is 1. The van der Waals surface area contributed by atoms with Crippen LogP contribution in [0.5, 0.6) is 23.0 Å². The van der Waals surface area contributed by atoms with Gasteiger partial charge in [0, 0.05) is 27.8 Å². The van der Waals surface area contributed by atoms with Crippen LogP contribution in [-0.4, -0.2) is 32.4 Å². The van der Waals surface area contributed by atoms with Crippen LogP contribution in [-0.2, 0) is 0 Å². The predicted octanol–water partition coefficient (Wildman–Crippen LogP) is 6.09. The van der Waals surface area contributed by atoms with Crippen molar-refractivity contribution >= 4 is 33.5 Å². The van der Waals surface area contributed by atoms with Crippen LogP contribution >= 0.6 is 0 Å². The van der Waals surface area contributed by atoms with E-state index in [2.05, 4.69) is 0 Å². The molecule has 0 amide bonds. The van der Waals surface area contributed by atoms with Gasteiger partial charge in [-0.15, -0.1) is 0 Å². The van der Waals surface area contributed by atoms with Crippen LogP contribution in [0.2, 0.25) is 0 Å². The monoisotopic (exact) mass is 478 g/mol. The smallest absolute Gasteiger partial charge is 0.336 e. The lowest BCUT2D eigenvalue weighted by Crippen LogP contribution is -2.16. The molecule has 0 aromatic heterocycles. The second kappa shape index (κ2) is 7.74. The summed E-state index contributed by atoms with van der Waals surface area (Å²) in [5, 5.41) is 42.4. The molecule has 7 heteroatoms. The zero-order valence-electron chi connectivity index (χ0n) is 18.6. The minimum atomic E-state index is -1.24. The number of phenolic OH excluding ortho intramolecular Hbond substituents is 2. The Labute approximate surface area is 204 Å². The van der Waals surface area contributed by atoms with Crippen molar-refractivity contribution in [2.45, 2.75) is 5.92 Å². The van der Waals surface area contributed by atoms with E-state index in [9.17, 15) is 30.0 Å². The molecule has 5 aromatic carbocycles. The standard InChI is InChI=1S/C29H18O7/c30-17-4-9-19-14(11-17)1-7-22-25(21-6-3-16(28(32)33)13-24(21)29(34)35)23-8-2-15-12-18(31)5-10-20(15)27(23)36-26(19)22/h1-13,25,30-31H,(H,32,33)(H,34,35). The number of phenols is 2. The van der Waals surface area contributed by atoms with Crippen LogP contribution < -0.4 is 4.74 Å². The van der Waals surface area contributed by atoms with Crippen molar-refractivity contribution in [2.24, 2.45) is 0 Å². The Kier molecular flexibility index (Phi) is 4.62. The fourth-order valence-corrected chi connectivity index (χ4v) is 5.02. The first-order valence-corrected chi connectivity index (χ1v) is 11.1. The van der Waals surface area contributed by atoms with E-state index in [0.717, 1.165) is 21.5 Å². The van der Waals surface area contributed by atoms with Gasteiger partial charge in [-0.05, 0) is 64.9 Å². The van der Waals surface area contributed by atoms with E-state index in [4.69, 9.17) is 4.74 Å². The van der Waals surface area contributed by atoms with Gasteiger partial charge in [-0.3, -0.25) is 0 Å². The van der Waals surface area contributed by atoms with E-state index in [0.29, 0.717) is 28.2 Å². The van der Waals surface area contributed by atoms with Crippen molar-refractivity contribution in [3.8, 4) is 23.0 Å². The highest BCUT2D eigenvalue weighted by Gasteiger charge is 2.34. The second-order valence-corrected chi connectivity index (χ2v) is 8.73. The molecule has 0 bridgehead atoms. The van der Waals surface area contributed by atoms with Crippen LogP contribution in [0.25, 0.3) is 21.5 Å². The molecule has 0 saturated heterocycles. The Balaban J connectivity index is 1.71. The van der Waals surface area contributed by atoms with Gasteiger partial charge >= 0.3 is 11.9 Å². The molecule has 0 radical (unpaired) electrons. The number of aromatic hydroxyl groups is 2. The fraction of sp³-hybridized carbons (Fsp3) is 0.0345. The van der Waals surface area contributed by atoms with Crippen LogP contribution in [0.1, 0.15) is 43.3 Å². The second-order valence-electron chi connectivity index (χ2n) is 8.73. The van der Waals surface area contributed by atoms with Crippen molar-refractivity contribution in [3.05, 3.63) is 107 Å². The van der Waals surface area contributed by atoms with Crippen molar-refractivity contribution in [3.63, 3.8) is 0 Å². The van der Waals surface area contributed by atoms with Gasteiger partial charge in [-0.1, -0.05) is 30.3 Å². The largest absolute Gasteiger partial charge is 0.508 e. The average molecular weight is 478 g/mol. The summed E-state index contributed by atoms with van der Waals surface area (Å²) >= 11 is 0. The topological polar surface area (TPSA) is 124 Å². The van der Waals surface area contributed by atoms with Crippen molar-refractivity contribution in [2.75, 3.05) is 0 Å². The molecule has 4 N–H and O–H groups in total. The molecule has 1 aliphatic heterocycles. The average Bonchev–Trinajstić information content (AvgIpc) is 2.86. The molecule has 5 aromatic rings. The summed E-state index contributed by atoms with van der Waals surface area (Å²) in [4.78, 5) is 23.8. The molecule has 1 heterocycles. The maximum atomic E-state index is 12.3. The summed E-state index contributed by atoms with van der Waals surface area (Å²) in [5.74, 6) is -1.78. The molecule has 0 fully saturated rings. The molecule has 36 heavy (non-hydrogen) atoms. The summed E-state index contributed by atoms with van der Waals surface area (Å²) in [5.41, 5.74) is 1.62. The zero-order valence-corrected chi connectivity index (χ0v) is 18.6. The van der Waals surface area contributed by atoms with Crippen LogP contribution in [0.3, 0.4) is 0 Å². The van der Waals surface area contributed by atoms with E-state index >= 15 is 0 Å². The number of carboxylic acid groups (broad SMARTS) is 2. The van der Waals surface area contributed by atoms with Crippen molar-refractivity contribution in [1.82, 2.24) is 0 Å². The summed E-state index contributed by atoms with van der Waals surface area (Å²) in [6.07, 6.45) is 0. The molecular weight excluding hydrogens is 460 g/mol. The number of rotatable bonds is 3. The number of hydrogen-bond donors (Lipinski definition) is 4. The minimum Gasteiger partial charge on any atom is -0.508 e. The third kappa shape index (κ3) is 3.21. The lowest BCUT2D eigenvalue weighted by molar-refractivity contribution is 0.0695. The van der Waals surface area contributed by atoms with Gasteiger partial charge in [-0.2, -0.15) is 0 Å². The molecule has 0 aliphatic carbocycles. The number of fused-ring (bicyclic) bond motifs is 6. The normalized spacial score (nSPS) is 12.7. The Morgan fingerprint density at radius 2 is 1.14 bits per heavy atom. The van der Waals surface area contributed by atoms with Gasteiger partial charge in [0.1, 0.15) is 23.0 Å². The van der Waals surface area contributed by atoms with Gasteiger partial charge in [0.15, 0.2) is 0 Å². The van der Waals surface area contributed by atoms with Gasteiger partial charge in [0.05, 0.1) is 11.1 Å². The lowest BCUT2D eigenvalue weighted by Gasteiger charge is -2.31. The molecule has 0 spiro atoms. The van der Waals surface area contributed by atoms with E-state index < -0.39 is 17.9 Å². The quantitative estimate of drug-likeness (QED) is 0.243. The van der Waals surface area contributed by atoms with Crippen LogP contribution in [0.4, 0.5) is 0 Å². The fourth-order valence-electron chi connectivity index (χ4n) is 5.02. The Hall–Kier alpha value is -5.04. The molecule has 0 unspecified atom stereocenters. The number of hydrogen-bond acceptors (Lipinski definition) is 5. The highest BCUT2D eigenvalue weighted by Crippen LogP contribution is 2.53. The SMILES string of the molecule is O=C(O)c1ccc(C2c3ccc4cc(O)ccc4c3Oc3c2ccc2cc(O)ccc32)c(C(=O)O)c1. The van der Waals surface area contributed by atoms with Crippen molar-refractivity contribution in [1.29, 1.82) is 0 Å². The van der Waals surface area contributed by atoms with Gasteiger partial charge < -0.3 is 25.2 Å². The summed E-state index contributed by atoms with van der Waals surface area (Å²) < 4.78 is 6.49. The summed E-state index contributed by atoms with van der Waals surface area (Å²) in [6, 6.07) is 21.3. The highest BCUT2D eigenvalue weighted by molar-refractivity contribution is 5.98. The molecule has 0 saturated carbocycles. The van der Waals surface area contributed by atoms with Gasteiger partial charge in [0.25, 0.3) is 0 Å². The highest BCUT2D eigenvalue weighted by atomic mass is 16.5. The Bertz CT molecular complexity index is 1660. The maximum absolute atomic E-state index is 12.3. The number of carboxylic acids is 2. The Morgan fingerprint density at radius 1 is 0.611 bits per heavy atom. The first-order chi connectivity index (χ1) is 17.3. The number of carbonyl (C=O) groups is 2. The third-order valence-corrected chi connectivity index (χ3v) is 6.64. The van der Waals surface area contributed by atoms with Crippen LogP contribution in [0.15, 0.2) is 78.9 Å². The first-order valence-electron chi connectivity index (χ1n) is 11.1. The maximum Gasteiger partial charge on any atom is 0.336 e. The van der Waals surface area contributed by atoms with E-state index in [1.807, 2.05) is 24.3 Å². The predicted molar refractivity (Wildman–Crippen MR) is 133 cm³/mol. The lowest BCUT2D eigenvalue weighted by atomic mass is 9.78. The van der Waals surface area contributed by atoms with E-state index in [1.165, 1.54) is 12.1 Å². The number of benzene rings is 5. The third-order valence-electron chi connectivity index (χ3n) is 6.64. The van der Waals surface area contributed by atoms with E-state index in [-0.39, 0.29) is 22.6 Å². The summed E-state index contributed by atoms with van der Waals surface area (Å²) in [6.45, 7) is 0. The number of aromatic carboxylic acids is 2. The summed E-state index contributed by atoms with van der Waals surface area (Å²) in [7, 11) is 0. The molecule has 176 valence electrons.